The summed E-state index contributed by atoms with van der Waals surface area (Å²) in [5.41, 5.74) is 1.98. The van der Waals surface area contributed by atoms with Gasteiger partial charge in [0.2, 0.25) is 0 Å². The summed E-state index contributed by atoms with van der Waals surface area (Å²) in [5, 5.41) is 14.0. The molecule has 0 saturated carbocycles. The van der Waals surface area contributed by atoms with E-state index >= 15 is 0 Å². The zero-order valence-electron chi connectivity index (χ0n) is 9.43. The van der Waals surface area contributed by atoms with Gasteiger partial charge in [0.25, 0.3) is 0 Å². The zero-order chi connectivity index (χ0) is 11.4. The average molecular weight is 216 g/mol. The molecule has 0 amide bonds. The molecular weight excluding hydrogens is 200 g/mol. The first kappa shape index (κ1) is 10.7. The van der Waals surface area contributed by atoms with E-state index in [1.807, 2.05) is 18.2 Å². The lowest BCUT2D eigenvalue weighted by atomic mass is 10.2. The number of benzene rings is 1. The second-order valence-corrected chi connectivity index (χ2v) is 3.89. The summed E-state index contributed by atoms with van der Waals surface area (Å²) >= 11 is 0. The Morgan fingerprint density at radius 2 is 2.00 bits per heavy atom. The summed E-state index contributed by atoms with van der Waals surface area (Å²) in [7, 11) is 0. The van der Waals surface area contributed by atoms with Gasteiger partial charge in [-0.15, -0.1) is 0 Å². The monoisotopic (exact) mass is 216 g/mol. The van der Waals surface area contributed by atoms with E-state index in [4.69, 9.17) is 0 Å². The van der Waals surface area contributed by atoms with Crippen LogP contribution in [-0.2, 0) is 13.0 Å². The molecule has 2 aromatic rings. The molecule has 0 atom stereocenters. The van der Waals surface area contributed by atoms with Gasteiger partial charge < -0.3 is 5.11 Å². The van der Waals surface area contributed by atoms with E-state index in [1.165, 1.54) is 5.56 Å². The minimum atomic E-state index is 0.304. The standard InChI is InChI=1S/C13H16N2O/c1-2-6-12-13(16)10-15(14-12)9-11-7-4-3-5-8-11/h3-5,7-8,10,16H,2,6,9H2,1H3. The molecule has 3 heteroatoms. The maximum atomic E-state index is 9.66. The van der Waals surface area contributed by atoms with Gasteiger partial charge >= 0.3 is 0 Å². The molecule has 0 aliphatic heterocycles. The maximum Gasteiger partial charge on any atom is 0.156 e. The Kier molecular flexibility index (Phi) is 3.25. The highest BCUT2D eigenvalue weighted by atomic mass is 16.3. The van der Waals surface area contributed by atoms with Crippen molar-refractivity contribution >= 4 is 0 Å². The van der Waals surface area contributed by atoms with Crippen LogP contribution in [0.4, 0.5) is 0 Å². The van der Waals surface area contributed by atoms with Gasteiger partial charge in [-0.3, -0.25) is 4.68 Å². The molecular formula is C13H16N2O. The van der Waals surface area contributed by atoms with Crippen LogP contribution in [0, 0.1) is 0 Å². The fourth-order valence-electron chi connectivity index (χ4n) is 1.72. The maximum absolute atomic E-state index is 9.66. The molecule has 1 N–H and O–H groups in total. The topological polar surface area (TPSA) is 38.0 Å². The number of aryl methyl sites for hydroxylation is 1. The largest absolute Gasteiger partial charge is 0.504 e. The molecule has 1 aromatic carbocycles. The van der Waals surface area contributed by atoms with E-state index < -0.39 is 0 Å². The van der Waals surface area contributed by atoms with E-state index in [9.17, 15) is 5.11 Å². The molecule has 1 heterocycles. The summed E-state index contributed by atoms with van der Waals surface area (Å²) in [6, 6.07) is 10.1. The summed E-state index contributed by atoms with van der Waals surface area (Å²) < 4.78 is 1.79. The first-order chi connectivity index (χ1) is 7.79. The van der Waals surface area contributed by atoms with Crippen molar-refractivity contribution in [3.63, 3.8) is 0 Å². The van der Waals surface area contributed by atoms with Crippen molar-refractivity contribution in [2.75, 3.05) is 0 Å². The molecule has 1 aromatic heterocycles. The van der Waals surface area contributed by atoms with Gasteiger partial charge in [-0.05, 0) is 12.0 Å². The van der Waals surface area contributed by atoms with Crippen molar-refractivity contribution in [1.82, 2.24) is 9.78 Å². The Morgan fingerprint density at radius 1 is 1.25 bits per heavy atom. The minimum absolute atomic E-state index is 0.304. The minimum Gasteiger partial charge on any atom is -0.504 e. The van der Waals surface area contributed by atoms with Crippen molar-refractivity contribution < 1.29 is 5.11 Å². The highest BCUT2D eigenvalue weighted by Gasteiger charge is 2.06. The quantitative estimate of drug-likeness (QED) is 0.853. The van der Waals surface area contributed by atoms with Crippen LogP contribution >= 0.6 is 0 Å². The van der Waals surface area contributed by atoms with Crippen LogP contribution in [0.2, 0.25) is 0 Å². The second kappa shape index (κ2) is 4.84. The summed E-state index contributed by atoms with van der Waals surface area (Å²) in [6.07, 6.45) is 3.52. The Bertz CT molecular complexity index is 448. The van der Waals surface area contributed by atoms with Crippen LogP contribution < -0.4 is 0 Å². The van der Waals surface area contributed by atoms with Gasteiger partial charge in [0, 0.05) is 0 Å². The van der Waals surface area contributed by atoms with E-state index in [2.05, 4.69) is 24.2 Å². The summed E-state index contributed by atoms with van der Waals surface area (Å²) in [6.45, 7) is 2.79. The van der Waals surface area contributed by atoms with Crippen molar-refractivity contribution in [1.29, 1.82) is 0 Å². The van der Waals surface area contributed by atoms with Crippen molar-refractivity contribution in [2.24, 2.45) is 0 Å². The van der Waals surface area contributed by atoms with Crippen LogP contribution in [0.1, 0.15) is 24.6 Å². The van der Waals surface area contributed by atoms with Crippen molar-refractivity contribution in [3.8, 4) is 5.75 Å². The highest BCUT2D eigenvalue weighted by Crippen LogP contribution is 2.16. The average Bonchev–Trinajstić information content (AvgIpc) is 2.61. The Morgan fingerprint density at radius 3 is 2.69 bits per heavy atom. The third-order valence-corrected chi connectivity index (χ3v) is 2.49. The number of hydrogen-bond acceptors (Lipinski definition) is 2. The Labute approximate surface area is 95.3 Å². The third kappa shape index (κ3) is 2.42. The normalized spacial score (nSPS) is 10.6. The number of aromatic nitrogens is 2. The van der Waals surface area contributed by atoms with E-state index in [0.717, 1.165) is 18.5 Å². The fraction of sp³-hybridized carbons (Fsp3) is 0.308. The molecule has 84 valence electrons. The molecule has 0 fully saturated rings. The van der Waals surface area contributed by atoms with Gasteiger partial charge in [0.05, 0.1) is 12.7 Å². The summed E-state index contributed by atoms with van der Waals surface area (Å²) in [5.74, 6) is 0.304. The van der Waals surface area contributed by atoms with Crippen LogP contribution in [-0.4, -0.2) is 14.9 Å². The zero-order valence-corrected chi connectivity index (χ0v) is 9.43. The molecule has 0 saturated heterocycles. The number of hydrogen-bond donors (Lipinski definition) is 1. The van der Waals surface area contributed by atoms with Crippen molar-refractivity contribution in [2.45, 2.75) is 26.3 Å². The van der Waals surface area contributed by atoms with Crippen molar-refractivity contribution in [3.05, 3.63) is 47.8 Å². The molecule has 0 unspecified atom stereocenters. The van der Waals surface area contributed by atoms with Gasteiger partial charge in [-0.2, -0.15) is 5.10 Å². The van der Waals surface area contributed by atoms with Gasteiger partial charge in [-0.1, -0.05) is 43.7 Å². The van der Waals surface area contributed by atoms with Gasteiger partial charge in [0.15, 0.2) is 5.75 Å². The van der Waals surface area contributed by atoms with Crippen LogP contribution in [0.5, 0.6) is 5.75 Å². The molecule has 2 rings (SSSR count). The van der Waals surface area contributed by atoms with Gasteiger partial charge in [-0.25, -0.2) is 0 Å². The predicted octanol–water partition coefficient (Wildman–Crippen LogP) is 2.59. The highest BCUT2D eigenvalue weighted by molar-refractivity contribution is 5.23. The summed E-state index contributed by atoms with van der Waals surface area (Å²) in [4.78, 5) is 0. The van der Waals surface area contributed by atoms with E-state index in [1.54, 1.807) is 10.9 Å². The smallest absolute Gasteiger partial charge is 0.156 e. The number of nitrogens with zero attached hydrogens (tertiary/aromatic N) is 2. The molecule has 0 bridgehead atoms. The molecule has 0 spiro atoms. The second-order valence-electron chi connectivity index (χ2n) is 3.89. The Balaban J connectivity index is 2.13. The van der Waals surface area contributed by atoms with Crippen LogP contribution in [0.25, 0.3) is 0 Å². The van der Waals surface area contributed by atoms with E-state index in [-0.39, 0.29) is 0 Å². The number of aromatic hydroxyl groups is 1. The van der Waals surface area contributed by atoms with Gasteiger partial charge in [0.1, 0.15) is 5.69 Å². The Hall–Kier alpha value is -1.77. The third-order valence-electron chi connectivity index (χ3n) is 2.49. The first-order valence-electron chi connectivity index (χ1n) is 5.59. The lowest BCUT2D eigenvalue weighted by molar-refractivity contribution is 0.467. The van der Waals surface area contributed by atoms with E-state index in [0.29, 0.717) is 12.3 Å². The first-order valence-corrected chi connectivity index (χ1v) is 5.59. The molecule has 0 aliphatic carbocycles. The fourth-order valence-corrected chi connectivity index (χ4v) is 1.72. The molecule has 0 radical (unpaired) electrons. The molecule has 3 nitrogen and oxygen atoms in total. The molecule has 16 heavy (non-hydrogen) atoms. The lowest BCUT2D eigenvalue weighted by Crippen LogP contribution is -2.00. The molecule has 0 aliphatic rings. The predicted molar refractivity (Wildman–Crippen MR) is 63.4 cm³/mol. The van der Waals surface area contributed by atoms with Crippen LogP contribution in [0.3, 0.4) is 0 Å². The number of rotatable bonds is 4. The van der Waals surface area contributed by atoms with Crippen LogP contribution in [0.15, 0.2) is 36.5 Å². The SMILES string of the molecule is CCCc1nn(Cc2ccccc2)cc1O. The lowest BCUT2D eigenvalue weighted by Gasteiger charge is -2.00.